The van der Waals surface area contributed by atoms with E-state index in [1.54, 1.807) is 0 Å². The lowest BCUT2D eigenvalue weighted by atomic mass is 9.92. The minimum atomic E-state index is -0.542. The minimum Gasteiger partial charge on any atom is -0.391 e. The fraction of sp³-hybridized carbons (Fsp3) is 0.500. The highest BCUT2D eigenvalue weighted by molar-refractivity contribution is 7.80. The van der Waals surface area contributed by atoms with Gasteiger partial charge in [0, 0.05) is 6.42 Å². The molecular weight excluding hydrogens is 268 g/mol. The molecule has 3 N–H and O–H groups in total. The molecule has 0 aromatic heterocycles. The summed E-state index contributed by atoms with van der Waals surface area (Å²) in [5, 5.41) is 3.01. The van der Waals surface area contributed by atoms with Crippen LogP contribution in [-0.2, 0) is 11.2 Å². The van der Waals surface area contributed by atoms with Crippen molar-refractivity contribution in [2.45, 2.75) is 52.0 Å². The highest BCUT2D eigenvalue weighted by Crippen LogP contribution is 2.16. The molecule has 1 aromatic carbocycles. The number of aryl methyl sites for hydroxylation is 2. The number of rotatable bonds is 7. The molecule has 0 spiro atoms. The van der Waals surface area contributed by atoms with Crippen LogP contribution >= 0.6 is 12.2 Å². The lowest BCUT2D eigenvalue weighted by Gasteiger charge is -2.31. The summed E-state index contributed by atoms with van der Waals surface area (Å²) in [4.78, 5) is 12.5. The van der Waals surface area contributed by atoms with Gasteiger partial charge in [0.2, 0.25) is 5.91 Å². The molecule has 1 rings (SSSR count). The molecule has 0 bridgehead atoms. The number of nitrogens with one attached hydrogen (secondary N) is 1. The summed E-state index contributed by atoms with van der Waals surface area (Å²) < 4.78 is 0. The van der Waals surface area contributed by atoms with Gasteiger partial charge in [0.1, 0.15) is 0 Å². The quantitative estimate of drug-likeness (QED) is 0.760. The first-order valence-electron chi connectivity index (χ1n) is 7.10. The van der Waals surface area contributed by atoms with Crippen molar-refractivity contribution in [2.24, 2.45) is 5.73 Å². The number of thiocarbonyl (C=S) groups is 1. The van der Waals surface area contributed by atoms with Crippen LogP contribution in [0.1, 0.15) is 44.2 Å². The summed E-state index contributed by atoms with van der Waals surface area (Å²) in [7, 11) is 0. The smallest absolute Gasteiger partial charge is 0.221 e. The van der Waals surface area contributed by atoms with Crippen molar-refractivity contribution in [2.75, 3.05) is 0 Å². The largest absolute Gasteiger partial charge is 0.391 e. The molecule has 0 aliphatic rings. The van der Waals surface area contributed by atoms with Crippen molar-refractivity contribution >= 4 is 23.1 Å². The number of carbonyl (C=O) groups excluding carboxylic acids is 1. The number of carbonyl (C=O) groups is 1. The Bertz CT molecular complexity index is 464. The average Bonchev–Trinajstić information content (AvgIpc) is 2.44. The molecule has 0 unspecified atom stereocenters. The number of amides is 1. The first-order chi connectivity index (χ1) is 9.43. The SMILES string of the molecule is CCC(CC)(NC(=O)CCc1ccc(C)cc1)C(N)=S. The summed E-state index contributed by atoms with van der Waals surface area (Å²) in [6, 6.07) is 8.24. The topological polar surface area (TPSA) is 55.1 Å². The summed E-state index contributed by atoms with van der Waals surface area (Å²) in [5.41, 5.74) is 7.63. The Labute approximate surface area is 126 Å². The van der Waals surface area contributed by atoms with E-state index in [1.165, 1.54) is 11.1 Å². The molecule has 0 saturated carbocycles. The van der Waals surface area contributed by atoms with E-state index in [0.29, 0.717) is 11.4 Å². The van der Waals surface area contributed by atoms with E-state index in [-0.39, 0.29) is 5.91 Å². The molecule has 1 aromatic rings. The van der Waals surface area contributed by atoms with Crippen LogP contribution in [0.2, 0.25) is 0 Å². The average molecular weight is 292 g/mol. The van der Waals surface area contributed by atoms with E-state index in [2.05, 4.69) is 36.5 Å². The first kappa shape index (κ1) is 16.6. The zero-order valence-electron chi connectivity index (χ0n) is 12.5. The normalized spacial score (nSPS) is 11.2. The first-order valence-corrected chi connectivity index (χ1v) is 7.50. The Morgan fingerprint density at radius 3 is 2.25 bits per heavy atom. The molecule has 0 heterocycles. The lowest BCUT2D eigenvalue weighted by Crippen LogP contribution is -2.56. The Balaban J connectivity index is 2.58. The molecule has 0 saturated heterocycles. The van der Waals surface area contributed by atoms with Crippen LogP contribution in [0.4, 0.5) is 0 Å². The highest BCUT2D eigenvalue weighted by Gasteiger charge is 2.30. The molecule has 110 valence electrons. The standard InChI is InChI=1S/C16H24N2OS/c1-4-16(5-2,15(17)20)18-14(19)11-10-13-8-6-12(3)7-9-13/h6-9H,4-5,10-11H2,1-3H3,(H2,17,20)(H,18,19). The fourth-order valence-corrected chi connectivity index (χ4v) is 2.52. The monoisotopic (exact) mass is 292 g/mol. The summed E-state index contributed by atoms with van der Waals surface area (Å²) in [6.07, 6.45) is 2.62. The van der Waals surface area contributed by atoms with Gasteiger partial charge in [-0.3, -0.25) is 4.79 Å². The van der Waals surface area contributed by atoms with E-state index in [9.17, 15) is 4.79 Å². The van der Waals surface area contributed by atoms with Crippen LogP contribution in [-0.4, -0.2) is 16.4 Å². The van der Waals surface area contributed by atoms with Gasteiger partial charge >= 0.3 is 0 Å². The Hall–Kier alpha value is -1.42. The highest BCUT2D eigenvalue weighted by atomic mass is 32.1. The number of benzene rings is 1. The Morgan fingerprint density at radius 2 is 1.80 bits per heavy atom. The van der Waals surface area contributed by atoms with Gasteiger partial charge in [-0.2, -0.15) is 0 Å². The zero-order chi connectivity index (χ0) is 15.2. The molecule has 0 atom stereocenters. The van der Waals surface area contributed by atoms with E-state index in [4.69, 9.17) is 18.0 Å². The molecule has 0 radical (unpaired) electrons. The van der Waals surface area contributed by atoms with Crippen molar-refractivity contribution < 1.29 is 4.79 Å². The molecule has 0 aliphatic heterocycles. The van der Waals surface area contributed by atoms with Crippen molar-refractivity contribution in [3.8, 4) is 0 Å². The van der Waals surface area contributed by atoms with Gasteiger partial charge in [-0.25, -0.2) is 0 Å². The van der Waals surface area contributed by atoms with Gasteiger partial charge in [0.05, 0.1) is 10.5 Å². The fourth-order valence-electron chi connectivity index (χ4n) is 2.18. The van der Waals surface area contributed by atoms with Gasteiger partial charge in [-0.05, 0) is 31.7 Å². The molecule has 3 nitrogen and oxygen atoms in total. The molecule has 0 aliphatic carbocycles. The maximum Gasteiger partial charge on any atom is 0.221 e. The zero-order valence-corrected chi connectivity index (χ0v) is 13.3. The summed E-state index contributed by atoms with van der Waals surface area (Å²) >= 11 is 5.10. The van der Waals surface area contributed by atoms with Crippen molar-refractivity contribution in [1.29, 1.82) is 0 Å². The van der Waals surface area contributed by atoms with Crippen LogP contribution in [0.25, 0.3) is 0 Å². The third-order valence-corrected chi connectivity index (χ3v) is 4.21. The van der Waals surface area contributed by atoms with Crippen LogP contribution in [0.3, 0.4) is 0 Å². The Kier molecular flexibility index (Phi) is 6.14. The third kappa shape index (κ3) is 4.30. The van der Waals surface area contributed by atoms with Gasteiger partial charge < -0.3 is 11.1 Å². The number of hydrogen-bond donors (Lipinski definition) is 2. The molecule has 20 heavy (non-hydrogen) atoms. The second kappa shape index (κ2) is 7.39. The van der Waals surface area contributed by atoms with E-state index < -0.39 is 5.54 Å². The number of nitrogens with two attached hydrogens (primary N) is 1. The molecule has 4 heteroatoms. The van der Waals surface area contributed by atoms with Crippen LogP contribution in [0.15, 0.2) is 24.3 Å². The second-order valence-corrected chi connectivity index (χ2v) is 5.63. The lowest BCUT2D eigenvalue weighted by molar-refractivity contribution is -0.122. The van der Waals surface area contributed by atoms with Gasteiger partial charge in [-0.15, -0.1) is 0 Å². The van der Waals surface area contributed by atoms with Crippen LogP contribution in [0, 0.1) is 6.92 Å². The maximum absolute atomic E-state index is 12.1. The summed E-state index contributed by atoms with van der Waals surface area (Å²) in [6.45, 7) is 6.03. The minimum absolute atomic E-state index is 0.00192. The summed E-state index contributed by atoms with van der Waals surface area (Å²) in [5.74, 6) is 0.00192. The van der Waals surface area contributed by atoms with E-state index in [0.717, 1.165) is 19.3 Å². The maximum atomic E-state index is 12.1. The van der Waals surface area contributed by atoms with Gasteiger partial charge in [0.25, 0.3) is 0 Å². The number of hydrogen-bond acceptors (Lipinski definition) is 2. The van der Waals surface area contributed by atoms with Crippen molar-refractivity contribution in [1.82, 2.24) is 5.32 Å². The third-order valence-electron chi connectivity index (χ3n) is 3.82. The Morgan fingerprint density at radius 1 is 1.25 bits per heavy atom. The second-order valence-electron chi connectivity index (χ2n) is 5.19. The van der Waals surface area contributed by atoms with E-state index >= 15 is 0 Å². The van der Waals surface area contributed by atoms with Crippen molar-refractivity contribution in [3.63, 3.8) is 0 Å². The van der Waals surface area contributed by atoms with Crippen LogP contribution in [0.5, 0.6) is 0 Å². The molecule has 0 fully saturated rings. The van der Waals surface area contributed by atoms with Gasteiger partial charge in [-0.1, -0.05) is 55.9 Å². The van der Waals surface area contributed by atoms with E-state index in [1.807, 2.05) is 13.8 Å². The van der Waals surface area contributed by atoms with Crippen LogP contribution < -0.4 is 11.1 Å². The predicted molar refractivity (Wildman–Crippen MR) is 87.7 cm³/mol. The predicted octanol–water partition coefficient (Wildman–Crippen LogP) is 2.89. The molecular formula is C16H24N2OS. The molecule has 1 amide bonds. The van der Waals surface area contributed by atoms with Crippen molar-refractivity contribution in [3.05, 3.63) is 35.4 Å². The van der Waals surface area contributed by atoms with Gasteiger partial charge in [0.15, 0.2) is 0 Å².